The summed E-state index contributed by atoms with van der Waals surface area (Å²) in [6, 6.07) is 14.6. The van der Waals surface area contributed by atoms with Crippen LogP contribution < -0.4 is 5.01 Å². The number of hydrogen-bond acceptors (Lipinski definition) is 3. The zero-order valence-electron chi connectivity index (χ0n) is 15.5. The van der Waals surface area contributed by atoms with Crippen molar-refractivity contribution in [2.45, 2.75) is 20.3 Å². The fraction of sp³-hybridized carbons (Fsp3) is 0.238. The highest BCUT2D eigenvalue weighted by Crippen LogP contribution is 2.31. The average molecular weight is 402 g/mol. The van der Waals surface area contributed by atoms with Crippen LogP contribution in [0.3, 0.4) is 0 Å². The van der Waals surface area contributed by atoms with Crippen LogP contribution in [-0.4, -0.2) is 30.1 Å². The molecule has 0 radical (unpaired) electrons. The molecule has 0 atom stereocenters. The molecule has 0 saturated carbocycles. The summed E-state index contributed by atoms with van der Waals surface area (Å²) in [7, 11) is 1.99. The lowest BCUT2D eigenvalue weighted by molar-refractivity contribution is -0.114. The fourth-order valence-electron chi connectivity index (χ4n) is 3.15. The molecule has 0 bridgehead atoms. The standard InChI is InChI=1S/C21H21Cl2N3O/c1-4-13-25(3)20(15-5-7-16(22)8-6-15)19-14(2)24-26(21(19)27)18-11-9-17(23)10-12-18/h5-12H,4,13H2,1-3H3/b20-19-. The maximum atomic E-state index is 13.3. The second-order valence-corrected chi connectivity index (χ2v) is 7.30. The van der Waals surface area contributed by atoms with E-state index in [9.17, 15) is 4.79 Å². The first kappa shape index (κ1) is 19.5. The number of halogens is 2. The topological polar surface area (TPSA) is 35.9 Å². The molecule has 27 heavy (non-hydrogen) atoms. The number of anilines is 1. The van der Waals surface area contributed by atoms with E-state index in [-0.39, 0.29) is 5.91 Å². The molecule has 6 heteroatoms. The predicted molar refractivity (Wildman–Crippen MR) is 113 cm³/mol. The summed E-state index contributed by atoms with van der Waals surface area (Å²) in [6.07, 6.45) is 0.964. The third-order valence-electron chi connectivity index (χ3n) is 4.38. The molecule has 2 aromatic carbocycles. The zero-order chi connectivity index (χ0) is 19.6. The van der Waals surface area contributed by atoms with Crippen molar-refractivity contribution in [3.63, 3.8) is 0 Å². The molecule has 0 fully saturated rings. The van der Waals surface area contributed by atoms with E-state index in [1.807, 2.05) is 38.2 Å². The van der Waals surface area contributed by atoms with Crippen LogP contribution in [0.2, 0.25) is 10.0 Å². The van der Waals surface area contributed by atoms with Gasteiger partial charge in [-0.05, 0) is 55.3 Å². The van der Waals surface area contributed by atoms with Gasteiger partial charge in [0, 0.05) is 23.6 Å². The number of benzene rings is 2. The van der Waals surface area contributed by atoms with Crippen LogP contribution in [0.5, 0.6) is 0 Å². The number of carbonyl (C=O) groups is 1. The van der Waals surface area contributed by atoms with Crippen molar-refractivity contribution in [1.82, 2.24) is 4.90 Å². The Morgan fingerprint density at radius 3 is 2.15 bits per heavy atom. The van der Waals surface area contributed by atoms with Crippen LogP contribution in [-0.2, 0) is 4.79 Å². The molecule has 140 valence electrons. The van der Waals surface area contributed by atoms with E-state index in [4.69, 9.17) is 23.2 Å². The number of hydrogen-bond donors (Lipinski definition) is 0. The number of hydrazone groups is 1. The van der Waals surface area contributed by atoms with Gasteiger partial charge in [0.15, 0.2) is 0 Å². The van der Waals surface area contributed by atoms with Crippen LogP contribution in [0.25, 0.3) is 5.70 Å². The quantitative estimate of drug-likeness (QED) is 0.622. The summed E-state index contributed by atoms with van der Waals surface area (Å²) in [5.74, 6) is -0.150. The lowest BCUT2D eigenvalue weighted by Crippen LogP contribution is -2.26. The van der Waals surface area contributed by atoms with E-state index in [1.54, 1.807) is 24.3 Å². The van der Waals surface area contributed by atoms with E-state index >= 15 is 0 Å². The van der Waals surface area contributed by atoms with Gasteiger partial charge in [-0.3, -0.25) is 4.79 Å². The molecule has 1 aliphatic rings. The summed E-state index contributed by atoms with van der Waals surface area (Å²) >= 11 is 12.0. The van der Waals surface area contributed by atoms with Crippen LogP contribution in [0, 0.1) is 0 Å². The number of carbonyl (C=O) groups excluding carboxylic acids is 1. The molecule has 0 unspecified atom stereocenters. The highest BCUT2D eigenvalue weighted by Gasteiger charge is 2.33. The lowest BCUT2D eigenvalue weighted by atomic mass is 10.0. The van der Waals surface area contributed by atoms with Gasteiger partial charge in [-0.2, -0.15) is 10.1 Å². The minimum absolute atomic E-state index is 0.150. The number of amides is 1. The maximum absolute atomic E-state index is 13.3. The molecule has 0 spiro atoms. The van der Waals surface area contributed by atoms with Gasteiger partial charge in [-0.1, -0.05) is 42.3 Å². The second kappa shape index (κ2) is 8.15. The van der Waals surface area contributed by atoms with Crippen LogP contribution >= 0.6 is 23.2 Å². The Kier molecular flexibility index (Phi) is 5.88. The molecule has 1 aliphatic heterocycles. The molecule has 3 rings (SSSR count). The largest absolute Gasteiger partial charge is 0.373 e. The third kappa shape index (κ3) is 4.02. The van der Waals surface area contributed by atoms with Crippen molar-refractivity contribution in [2.24, 2.45) is 5.10 Å². The van der Waals surface area contributed by atoms with Crippen molar-refractivity contribution in [3.05, 3.63) is 69.7 Å². The van der Waals surface area contributed by atoms with Crippen molar-refractivity contribution in [2.75, 3.05) is 18.6 Å². The van der Waals surface area contributed by atoms with Gasteiger partial charge in [-0.15, -0.1) is 0 Å². The minimum atomic E-state index is -0.150. The minimum Gasteiger partial charge on any atom is -0.373 e. The fourth-order valence-corrected chi connectivity index (χ4v) is 3.40. The molecule has 2 aromatic rings. The van der Waals surface area contributed by atoms with Crippen molar-refractivity contribution >= 4 is 46.2 Å². The Hall–Kier alpha value is -2.30. The first-order valence-electron chi connectivity index (χ1n) is 8.79. The van der Waals surface area contributed by atoms with Crippen LogP contribution in [0.4, 0.5) is 5.69 Å². The summed E-state index contributed by atoms with van der Waals surface area (Å²) in [5.41, 5.74) is 3.76. The van der Waals surface area contributed by atoms with Gasteiger partial charge in [0.05, 0.1) is 22.7 Å². The van der Waals surface area contributed by atoms with Crippen LogP contribution in [0.1, 0.15) is 25.8 Å². The van der Waals surface area contributed by atoms with E-state index in [2.05, 4.69) is 16.9 Å². The Morgan fingerprint density at radius 2 is 1.59 bits per heavy atom. The van der Waals surface area contributed by atoms with Gasteiger partial charge in [0.2, 0.25) is 0 Å². The van der Waals surface area contributed by atoms with Gasteiger partial charge < -0.3 is 4.90 Å². The molecule has 1 amide bonds. The number of nitrogens with zero attached hydrogens (tertiary/aromatic N) is 3. The summed E-state index contributed by atoms with van der Waals surface area (Å²) < 4.78 is 0. The molecule has 1 heterocycles. The predicted octanol–water partition coefficient (Wildman–Crippen LogP) is 5.47. The smallest absolute Gasteiger partial charge is 0.282 e. The van der Waals surface area contributed by atoms with Crippen molar-refractivity contribution in [3.8, 4) is 0 Å². The SMILES string of the molecule is CCCN(C)/C(=C1\C(=O)N(c2ccc(Cl)cc2)N=C1C)c1ccc(Cl)cc1. The van der Waals surface area contributed by atoms with E-state index < -0.39 is 0 Å². The lowest BCUT2D eigenvalue weighted by Gasteiger charge is -2.24. The Labute approximate surface area is 169 Å². The Balaban J connectivity index is 2.10. The maximum Gasteiger partial charge on any atom is 0.282 e. The van der Waals surface area contributed by atoms with Crippen molar-refractivity contribution in [1.29, 1.82) is 0 Å². The molecule has 0 N–H and O–H groups in total. The van der Waals surface area contributed by atoms with Crippen LogP contribution in [0.15, 0.2) is 59.2 Å². The van der Waals surface area contributed by atoms with Gasteiger partial charge in [0.25, 0.3) is 5.91 Å². The summed E-state index contributed by atoms with van der Waals surface area (Å²) in [4.78, 5) is 15.4. The highest BCUT2D eigenvalue weighted by molar-refractivity contribution is 6.34. The first-order chi connectivity index (χ1) is 12.9. The summed E-state index contributed by atoms with van der Waals surface area (Å²) in [6.45, 7) is 4.79. The second-order valence-electron chi connectivity index (χ2n) is 6.43. The van der Waals surface area contributed by atoms with Crippen molar-refractivity contribution < 1.29 is 4.79 Å². The molecule has 0 aromatic heterocycles. The highest BCUT2D eigenvalue weighted by atomic mass is 35.5. The van der Waals surface area contributed by atoms with E-state index in [0.717, 1.165) is 24.2 Å². The zero-order valence-corrected chi connectivity index (χ0v) is 17.1. The molecule has 4 nitrogen and oxygen atoms in total. The first-order valence-corrected chi connectivity index (χ1v) is 9.55. The van der Waals surface area contributed by atoms with Gasteiger partial charge in [0.1, 0.15) is 0 Å². The monoisotopic (exact) mass is 401 g/mol. The molecule has 0 saturated heterocycles. The van der Waals surface area contributed by atoms with Gasteiger partial charge in [-0.25, -0.2) is 0 Å². The Bertz CT molecular complexity index is 902. The van der Waals surface area contributed by atoms with E-state index in [0.29, 0.717) is 27.0 Å². The molecular weight excluding hydrogens is 381 g/mol. The third-order valence-corrected chi connectivity index (χ3v) is 4.89. The Morgan fingerprint density at radius 1 is 1.04 bits per heavy atom. The van der Waals surface area contributed by atoms with E-state index in [1.165, 1.54) is 5.01 Å². The molecular formula is C21H21Cl2N3O. The summed E-state index contributed by atoms with van der Waals surface area (Å²) in [5, 5.41) is 7.21. The normalized spacial score (nSPS) is 15.8. The number of rotatable bonds is 5. The van der Waals surface area contributed by atoms with Gasteiger partial charge >= 0.3 is 0 Å². The molecule has 0 aliphatic carbocycles. The average Bonchev–Trinajstić information content (AvgIpc) is 2.93.